The second-order valence-corrected chi connectivity index (χ2v) is 6.70. The monoisotopic (exact) mass is 385 g/mol. The topological polar surface area (TPSA) is 77.2 Å². The van der Waals surface area contributed by atoms with E-state index in [1.807, 2.05) is 38.1 Å². The molecule has 0 bridgehead atoms. The molecule has 0 spiro atoms. The van der Waals surface area contributed by atoms with E-state index in [-0.39, 0.29) is 18.4 Å². The molecule has 1 aromatic heterocycles. The van der Waals surface area contributed by atoms with E-state index in [1.165, 1.54) is 0 Å². The van der Waals surface area contributed by atoms with Crippen molar-refractivity contribution in [2.75, 3.05) is 5.32 Å². The van der Waals surface area contributed by atoms with Gasteiger partial charge in [-0.3, -0.25) is 4.79 Å². The number of carbonyl (C=O) groups excluding carboxylic acids is 1. The molecule has 0 saturated heterocycles. The molecule has 1 amide bonds. The molecule has 1 N–H and O–H groups in total. The zero-order chi connectivity index (χ0) is 19.2. The quantitative estimate of drug-likeness (QED) is 0.635. The van der Waals surface area contributed by atoms with Crippen LogP contribution in [-0.4, -0.2) is 22.2 Å². The van der Waals surface area contributed by atoms with Gasteiger partial charge in [0.25, 0.3) is 0 Å². The Labute approximate surface area is 162 Å². The zero-order valence-electron chi connectivity index (χ0n) is 15.1. The molecule has 0 saturated carbocycles. The van der Waals surface area contributed by atoms with Gasteiger partial charge in [-0.05, 0) is 50.2 Å². The average molecular weight is 386 g/mol. The van der Waals surface area contributed by atoms with Crippen molar-refractivity contribution in [1.29, 1.82) is 0 Å². The number of benzene rings is 2. The standard InChI is InChI=1S/C20H20ClN3O3/c1-13(2)26-17-8-6-16(7-9-17)22-18(25)10-11-19-23-20(24-27-19)14-4-3-5-15(21)12-14/h3-9,12-13H,10-11H2,1-2H3,(H,22,25). The van der Waals surface area contributed by atoms with Gasteiger partial charge >= 0.3 is 0 Å². The Hall–Kier alpha value is -2.86. The maximum atomic E-state index is 12.1. The van der Waals surface area contributed by atoms with E-state index >= 15 is 0 Å². The van der Waals surface area contributed by atoms with E-state index in [0.717, 1.165) is 11.3 Å². The molecule has 0 atom stereocenters. The minimum Gasteiger partial charge on any atom is -0.491 e. The lowest BCUT2D eigenvalue weighted by Gasteiger charge is -2.10. The molecule has 140 valence electrons. The number of amides is 1. The molecular weight excluding hydrogens is 366 g/mol. The summed E-state index contributed by atoms with van der Waals surface area (Å²) in [6.45, 7) is 3.93. The lowest BCUT2D eigenvalue weighted by Crippen LogP contribution is -2.12. The smallest absolute Gasteiger partial charge is 0.227 e. The second kappa shape index (κ2) is 8.68. The van der Waals surface area contributed by atoms with Gasteiger partial charge in [-0.1, -0.05) is 28.9 Å². The number of hydrogen-bond acceptors (Lipinski definition) is 5. The SMILES string of the molecule is CC(C)Oc1ccc(NC(=O)CCc2nc(-c3cccc(Cl)c3)no2)cc1. The van der Waals surface area contributed by atoms with Crippen LogP contribution in [0, 0.1) is 0 Å². The molecule has 27 heavy (non-hydrogen) atoms. The Morgan fingerprint density at radius 2 is 2.00 bits per heavy atom. The van der Waals surface area contributed by atoms with Gasteiger partial charge in [-0.2, -0.15) is 4.98 Å². The molecule has 3 aromatic rings. The maximum Gasteiger partial charge on any atom is 0.227 e. The van der Waals surface area contributed by atoms with Crippen LogP contribution in [0.5, 0.6) is 5.75 Å². The van der Waals surface area contributed by atoms with Crippen LogP contribution in [0.25, 0.3) is 11.4 Å². The molecule has 1 heterocycles. The van der Waals surface area contributed by atoms with Crippen molar-refractivity contribution in [3.8, 4) is 17.1 Å². The van der Waals surface area contributed by atoms with Crippen molar-refractivity contribution in [3.05, 3.63) is 59.4 Å². The summed E-state index contributed by atoms with van der Waals surface area (Å²) in [5.74, 6) is 1.49. The Balaban J connectivity index is 1.52. The Morgan fingerprint density at radius 3 is 2.70 bits per heavy atom. The third kappa shape index (κ3) is 5.56. The van der Waals surface area contributed by atoms with Gasteiger partial charge < -0.3 is 14.6 Å². The second-order valence-electron chi connectivity index (χ2n) is 6.26. The number of carbonyl (C=O) groups is 1. The summed E-state index contributed by atoms with van der Waals surface area (Å²) in [6, 6.07) is 14.5. The third-order valence-corrected chi connectivity index (χ3v) is 3.86. The highest BCUT2D eigenvalue weighted by Crippen LogP contribution is 2.20. The number of ether oxygens (including phenoxy) is 1. The van der Waals surface area contributed by atoms with Crippen LogP contribution >= 0.6 is 11.6 Å². The van der Waals surface area contributed by atoms with Crippen LogP contribution < -0.4 is 10.1 Å². The van der Waals surface area contributed by atoms with Crippen molar-refractivity contribution < 1.29 is 14.1 Å². The zero-order valence-corrected chi connectivity index (χ0v) is 15.9. The number of aromatic nitrogens is 2. The number of aryl methyl sites for hydroxylation is 1. The van der Waals surface area contributed by atoms with E-state index < -0.39 is 0 Å². The van der Waals surface area contributed by atoms with E-state index in [2.05, 4.69) is 15.5 Å². The molecule has 6 nitrogen and oxygen atoms in total. The van der Waals surface area contributed by atoms with Crippen LogP contribution in [0.4, 0.5) is 5.69 Å². The summed E-state index contributed by atoms with van der Waals surface area (Å²) in [5.41, 5.74) is 1.48. The predicted octanol–water partition coefficient (Wildman–Crippen LogP) is 4.75. The molecule has 0 aliphatic heterocycles. The van der Waals surface area contributed by atoms with Crippen molar-refractivity contribution in [2.24, 2.45) is 0 Å². The van der Waals surface area contributed by atoms with E-state index in [4.69, 9.17) is 20.9 Å². The number of nitrogens with zero attached hydrogens (tertiary/aromatic N) is 2. The van der Waals surface area contributed by atoms with Crippen molar-refractivity contribution in [3.63, 3.8) is 0 Å². The highest BCUT2D eigenvalue weighted by molar-refractivity contribution is 6.30. The minimum absolute atomic E-state index is 0.108. The molecule has 2 aromatic carbocycles. The largest absolute Gasteiger partial charge is 0.491 e. The minimum atomic E-state index is -0.130. The van der Waals surface area contributed by atoms with Gasteiger partial charge in [0.2, 0.25) is 17.6 Å². The number of anilines is 1. The molecular formula is C20H20ClN3O3. The average Bonchev–Trinajstić information content (AvgIpc) is 3.10. The summed E-state index contributed by atoms with van der Waals surface area (Å²) >= 11 is 5.97. The molecule has 0 fully saturated rings. The van der Waals surface area contributed by atoms with Gasteiger partial charge in [0.1, 0.15) is 5.75 Å². The summed E-state index contributed by atoms with van der Waals surface area (Å²) in [5, 5.41) is 7.37. The van der Waals surface area contributed by atoms with Gasteiger partial charge in [-0.25, -0.2) is 0 Å². The number of nitrogens with one attached hydrogen (secondary N) is 1. The van der Waals surface area contributed by atoms with Crippen LogP contribution in [0.3, 0.4) is 0 Å². The maximum absolute atomic E-state index is 12.1. The van der Waals surface area contributed by atoms with Gasteiger partial charge in [0.15, 0.2) is 0 Å². The van der Waals surface area contributed by atoms with Crippen LogP contribution in [-0.2, 0) is 11.2 Å². The first kappa shape index (κ1) is 18.9. The number of rotatable bonds is 7. The molecule has 0 radical (unpaired) electrons. The summed E-state index contributed by atoms with van der Waals surface area (Å²) < 4.78 is 10.8. The number of hydrogen-bond donors (Lipinski definition) is 1. The molecule has 0 aliphatic rings. The predicted molar refractivity (Wildman–Crippen MR) is 104 cm³/mol. The fourth-order valence-electron chi connectivity index (χ4n) is 2.43. The first-order valence-corrected chi connectivity index (χ1v) is 9.02. The molecule has 0 aliphatic carbocycles. The van der Waals surface area contributed by atoms with Crippen molar-refractivity contribution >= 4 is 23.2 Å². The van der Waals surface area contributed by atoms with E-state index in [0.29, 0.717) is 28.8 Å². The number of halogens is 1. The van der Waals surface area contributed by atoms with Crippen molar-refractivity contribution in [2.45, 2.75) is 32.8 Å². The Morgan fingerprint density at radius 1 is 1.22 bits per heavy atom. The van der Waals surface area contributed by atoms with Gasteiger partial charge in [0, 0.05) is 29.1 Å². The summed E-state index contributed by atoms with van der Waals surface area (Å²) in [4.78, 5) is 16.4. The first-order valence-electron chi connectivity index (χ1n) is 8.64. The molecule has 0 unspecified atom stereocenters. The van der Waals surface area contributed by atoms with Gasteiger partial charge in [0.05, 0.1) is 6.10 Å². The third-order valence-electron chi connectivity index (χ3n) is 3.63. The van der Waals surface area contributed by atoms with Crippen molar-refractivity contribution in [1.82, 2.24) is 10.1 Å². The molecule has 3 rings (SSSR count). The first-order chi connectivity index (χ1) is 13.0. The summed E-state index contributed by atoms with van der Waals surface area (Å²) in [6.07, 6.45) is 0.701. The van der Waals surface area contributed by atoms with E-state index in [9.17, 15) is 4.79 Å². The van der Waals surface area contributed by atoms with Crippen LogP contribution in [0.15, 0.2) is 53.1 Å². The fourth-order valence-corrected chi connectivity index (χ4v) is 2.62. The molecule has 7 heteroatoms. The normalized spacial score (nSPS) is 10.8. The van der Waals surface area contributed by atoms with E-state index in [1.54, 1.807) is 24.3 Å². The van der Waals surface area contributed by atoms with Crippen LogP contribution in [0.1, 0.15) is 26.2 Å². The summed E-state index contributed by atoms with van der Waals surface area (Å²) in [7, 11) is 0. The fraction of sp³-hybridized carbons (Fsp3) is 0.250. The lowest BCUT2D eigenvalue weighted by atomic mass is 10.2. The Kier molecular flexibility index (Phi) is 6.08. The van der Waals surface area contributed by atoms with Crippen LogP contribution in [0.2, 0.25) is 5.02 Å². The highest BCUT2D eigenvalue weighted by atomic mass is 35.5. The Bertz CT molecular complexity index is 907. The highest BCUT2D eigenvalue weighted by Gasteiger charge is 2.11. The lowest BCUT2D eigenvalue weighted by molar-refractivity contribution is -0.116. The van der Waals surface area contributed by atoms with Gasteiger partial charge in [-0.15, -0.1) is 0 Å².